The SMILES string of the molecule is OCC(O)CSc1c(F)cc(CNC2CC2)cc1F. The van der Waals surface area contributed by atoms with E-state index in [1.807, 2.05) is 0 Å². The number of halogens is 2. The number of hydrogen-bond acceptors (Lipinski definition) is 4. The summed E-state index contributed by atoms with van der Waals surface area (Å²) in [5.41, 5.74) is 0.578. The van der Waals surface area contributed by atoms with E-state index >= 15 is 0 Å². The van der Waals surface area contributed by atoms with Crippen molar-refractivity contribution in [2.24, 2.45) is 0 Å². The van der Waals surface area contributed by atoms with Crippen LogP contribution >= 0.6 is 11.8 Å². The van der Waals surface area contributed by atoms with Crippen LogP contribution in [0.5, 0.6) is 0 Å². The van der Waals surface area contributed by atoms with Crippen LogP contribution in [0, 0.1) is 11.6 Å². The van der Waals surface area contributed by atoms with Crippen LogP contribution in [0.15, 0.2) is 17.0 Å². The number of nitrogens with one attached hydrogen (secondary N) is 1. The molecule has 1 aromatic carbocycles. The summed E-state index contributed by atoms with van der Waals surface area (Å²) in [5, 5.41) is 21.0. The van der Waals surface area contributed by atoms with Crippen molar-refractivity contribution in [3.8, 4) is 0 Å². The fourth-order valence-electron chi connectivity index (χ4n) is 1.63. The fourth-order valence-corrected chi connectivity index (χ4v) is 2.49. The normalized spacial score (nSPS) is 16.6. The minimum atomic E-state index is -0.972. The third-order valence-corrected chi connectivity index (χ3v) is 4.09. The zero-order valence-electron chi connectivity index (χ0n) is 10.4. The molecule has 2 rings (SSSR count). The quantitative estimate of drug-likeness (QED) is 0.668. The molecule has 0 heterocycles. The van der Waals surface area contributed by atoms with E-state index in [1.165, 1.54) is 12.1 Å². The molecular weight excluding hydrogens is 272 g/mol. The lowest BCUT2D eigenvalue weighted by atomic mass is 10.2. The molecule has 1 aliphatic carbocycles. The maximum absolute atomic E-state index is 13.8. The summed E-state index contributed by atoms with van der Waals surface area (Å²) in [5.74, 6) is -1.19. The van der Waals surface area contributed by atoms with Crippen LogP contribution in [-0.2, 0) is 6.54 Å². The van der Waals surface area contributed by atoms with Crippen LogP contribution in [0.25, 0.3) is 0 Å². The van der Waals surface area contributed by atoms with Gasteiger partial charge < -0.3 is 15.5 Å². The van der Waals surface area contributed by atoms with Gasteiger partial charge in [0.2, 0.25) is 0 Å². The van der Waals surface area contributed by atoms with Crippen molar-refractivity contribution in [1.29, 1.82) is 0 Å². The molecule has 1 saturated carbocycles. The van der Waals surface area contributed by atoms with E-state index in [1.54, 1.807) is 0 Å². The molecule has 6 heteroatoms. The third-order valence-electron chi connectivity index (χ3n) is 2.86. The van der Waals surface area contributed by atoms with Crippen molar-refractivity contribution < 1.29 is 19.0 Å². The van der Waals surface area contributed by atoms with Crippen LogP contribution in [0.3, 0.4) is 0 Å². The van der Waals surface area contributed by atoms with E-state index in [2.05, 4.69) is 5.32 Å². The third kappa shape index (κ3) is 4.42. The van der Waals surface area contributed by atoms with Gasteiger partial charge in [-0.05, 0) is 30.5 Å². The molecule has 1 aliphatic rings. The molecule has 0 aliphatic heterocycles. The predicted molar refractivity (Wildman–Crippen MR) is 70.0 cm³/mol. The summed E-state index contributed by atoms with van der Waals surface area (Å²) in [7, 11) is 0. The summed E-state index contributed by atoms with van der Waals surface area (Å²) >= 11 is 0.871. The van der Waals surface area contributed by atoms with E-state index in [9.17, 15) is 13.9 Å². The predicted octanol–water partition coefficient (Wildman–Crippen LogP) is 1.66. The molecule has 1 aromatic rings. The average Bonchev–Trinajstić information content (AvgIpc) is 3.19. The Hall–Kier alpha value is -0.690. The van der Waals surface area contributed by atoms with Crippen LogP contribution in [-0.4, -0.2) is 34.7 Å². The Balaban J connectivity index is 1.98. The number of rotatable bonds is 7. The van der Waals surface area contributed by atoms with Crippen LogP contribution < -0.4 is 5.32 Å². The molecule has 19 heavy (non-hydrogen) atoms. The summed E-state index contributed by atoms with van der Waals surface area (Å²) in [6.07, 6.45) is 1.27. The molecule has 0 spiro atoms. The second kappa shape index (κ2) is 6.65. The van der Waals surface area contributed by atoms with Gasteiger partial charge in [-0.15, -0.1) is 11.8 Å². The van der Waals surface area contributed by atoms with Gasteiger partial charge in [0.05, 0.1) is 17.6 Å². The Bertz CT molecular complexity index is 418. The second-order valence-electron chi connectivity index (χ2n) is 4.69. The van der Waals surface area contributed by atoms with Gasteiger partial charge in [0.25, 0.3) is 0 Å². The summed E-state index contributed by atoms with van der Waals surface area (Å²) in [6, 6.07) is 3.11. The van der Waals surface area contributed by atoms with Crippen molar-refractivity contribution in [3.05, 3.63) is 29.3 Å². The van der Waals surface area contributed by atoms with Crippen LogP contribution in [0.1, 0.15) is 18.4 Å². The molecule has 1 fully saturated rings. The van der Waals surface area contributed by atoms with Crippen molar-refractivity contribution in [3.63, 3.8) is 0 Å². The van der Waals surface area contributed by atoms with E-state index in [0.717, 1.165) is 24.6 Å². The first kappa shape index (κ1) is 14.7. The van der Waals surface area contributed by atoms with Crippen molar-refractivity contribution in [2.45, 2.75) is 36.4 Å². The number of hydrogen-bond donors (Lipinski definition) is 3. The molecule has 0 bridgehead atoms. The van der Waals surface area contributed by atoms with Gasteiger partial charge >= 0.3 is 0 Å². The molecule has 0 aromatic heterocycles. The van der Waals surface area contributed by atoms with Crippen molar-refractivity contribution in [1.82, 2.24) is 5.32 Å². The maximum atomic E-state index is 13.8. The lowest BCUT2D eigenvalue weighted by molar-refractivity contribution is 0.113. The number of aliphatic hydroxyl groups is 2. The zero-order valence-corrected chi connectivity index (χ0v) is 11.2. The van der Waals surface area contributed by atoms with Crippen molar-refractivity contribution >= 4 is 11.8 Å². The van der Waals surface area contributed by atoms with Gasteiger partial charge in [0.1, 0.15) is 11.6 Å². The first-order valence-corrected chi connectivity index (χ1v) is 7.21. The van der Waals surface area contributed by atoms with Crippen LogP contribution in [0.2, 0.25) is 0 Å². The van der Waals surface area contributed by atoms with Gasteiger partial charge in [-0.3, -0.25) is 0 Å². The largest absolute Gasteiger partial charge is 0.394 e. The maximum Gasteiger partial charge on any atom is 0.140 e. The highest BCUT2D eigenvalue weighted by molar-refractivity contribution is 7.99. The molecule has 3 nitrogen and oxygen atoms in total. The smallest absolute Gasteiger partial charge is 0.140 e. The standard InChI is InChI=1S/C13H17F2NO2S/c14-11-3-8(5-16-9-1-2-9)4-12(15)13(11)19-7-10(18)6-17/h3-4,9-10,16-18H,1-2,5-7H2. The fraction of sp³-hybridized carbons (Fsp3) is 0.538. The molecular formula is C13H17F2NO2S. The van der Waals surface area contributed by atoms with E-state index in [0.29, 0.717) is 18.2 Å². The first-order valence-electron chi connectivity index (χ1n) is 6.23. The Kier molecular flexibility index (Phi) is 5.15. The molecule has 106 valence electrons. The topological polar surface area (TPSA) is 52.5 Å². The monoisotopic (exact) mass is 289 g/mol. The van der Waals surface area contributed by atoms with E-state index in [4.69, 9.17) is 5.11 Å². The summed E-state index contributed by atoms with van der Waals surface area (Å²) in [4.78, 5) is -0.109. The van der Waals surface area contributed by atoms with Gasteiger partial charge in [-0.2, -0.15) is 0 Å². The highest BCUT2D eigenvalue weighted by Gasteiger charge is 2.20. The Morgan fingerprint density at radius 1 is 1.32 bits per heavy atom. The number of aliphatic hydroxyl groups excluding tert-OH is 2. The lowest BCUT2D eigenvalue weighted by Gasteiger charge is -2.10. The molecule has 3 N–H and O–H groups in total. The number of thioether (sulfide) groups is 1. The first-order chi connectivity index (χ1) is 9.10. The second-order valence-corrected chi connectivity index (χ2v) is 5.72. The lowest BCUT2D eigenvalue weighted by Crippen LogP contribution is -2.16. The Morgan fingerprint density at radius 3 is 2.47 bits per heavy atom. The average molecular weight is 289 g/mol. The van der Waals surface area contributed by atoms with Gasteiger partial charge in [-0.25, -0.2) is 8.78 Å². The molecule has 1 atom stereocenters. The molecule has 0 radical (unpaired) electrons. The highest BCUT2D eigenvalue weighted by atomic mass is 32.2. The Morgan fingerprint density at radius 2 is 1.95 bits per heavy atom. The highest BCUT2D eigenvalue weighted by Crippen LogP contribution is 2.27. The Labute approximate surface area is 115 Å². The zero-order chi connectivity index (χ0) is 13.8. The molecule has 0 amide bonds. The minimum Gasteiger partial charge on any atom is -0.394 e. The molecule has 0 saturated heterocycles. The molecule has 1 unspecified atom stereocenters. The summed E-state index contributed by atoms with van der Waals surface area (Å²) in [6.45, 7) is 0.0440. The van der Waals surface area contributed by atoms with Gasteiger partial charge in [0.15, 0.2) is 0 Å². The van der Waals surface area contributed by atoms with Crippen molar-refractivity contribution in [2.75, 3.05) is 12.4 Å². The minimum absolute atomic E-state index is 0.0595. The van der Waals surface area contributed by atoms with E-state index in [-0.39, 0.29) is 10.6 Å². The van der Waals surface area contributed by atoms with Gasteiger partial charge in [-0.1, -0.05) is 0 Å². The van der Waals surface area contributed by atoms with Crippen LogP contribution in [0.4, 0.5) is 8.78 Å². The van der Waals surface area contributed by atoms with Gasteiger partial charge in [0, 0.05) is 18.3 Å². The number of benzene rings is 1. The van der Waals surface area contributed by atoms with E-state index < -0.39 is 24.3 Å². The summed E-state index contributed by atoms with van der Waals surface area (Å²) < 4.78 is 27.5.